The van der Waals surface area contributed by atoms with Crippen molar-refractivity contribution in [2.45, 2.75) is 57.1 Å². The van der Waals surface area contributed by atoms with Gasteiger partial charge in [-0.2, -0.15) is 9.41 Å². The summed E-state index contributed by atoms with van der Waals surface area (Å²) in [5.41, 5.74) is 4.24. The molecule has 0 spiro atoms. The van der Waals surface area contributed by atoms with E-state index in [0.29, 0.717) is 36.1 Å². The lowest BCUT2D eigenvalue weighted by atomic mass is 9.70. The number of hydrogen-bond acceptors (Lipinski definition) is 5. The van der Waals surface area contributed by atoms with Crippen molar-refractivity contribution in [3.63, 3.8) is 0 Å². The molecule has 1 aliphatic heterocycles. The van der Waals surface area contributed by atoms with Gasteiger partial charge >= 0.3 is 0 Å². The lowest BCUT2D eigenvalue weighted by Crippen LogP contribution is -2.42. The number of hydrazone groups is 1. The molecule has 1 saturated heterocycles. The minimum Gasteiger partial charge on any atom is -0.273 e. The predicted molar refractivity (Wildman–Crippen MR) is 111 cm³/mol. The fraction of sp³-hybridized carbons (Fsp3) is 0.700. The number of amides is 1. The van der Waals surface area contributed by atoms with Crippen LogP contribution < -0.4 is 5.43 Å². The standard InChI is InChI=1S/C20H29N3O3S2/c1-19(2)15-6-9-20(19,3)16(13-15)21-22-18(24)14-7-10-23(11-8-14)28(25,26)17-5-4-12-27-17/h4-5,12,14-15H,6-11,13H2,1-3H3,(H,22,24)/b21-16+/t15-,20+/m0/s1. The highest BCUT2D eigenvalue weighted by molar-refractivity contribution is 7.91. The maximum absolute atomic E-state index is 12.6. The SMILES string of the molecule is CC1(C)[C@H]2CC[C@]1(C)/C(=N/NC(=O)C1CCN(S(=O)(=O)c3cccs3)CC1)C2. The van der Waals surface area contributed by atoms with Gasteiger partial charge in [0.2, 0.25) is 5.91 Å². The zero-order chi connectivity index (χ0) is 20.2. The summed E-state index contributed by atoms with van der Waals surface area (Å²) in [6, 6.07) is 3.38. The molecule has 3 aliphatic rings. The van der Waals surface area contributed by atoms with E-state index in [4.69, 9.17) is 0 Å². The molecule has 6 nitrogen and oxygen atoms in total. The predicted octanol–water partition coefficient (Wildman–Crippen LogP) is 3.47. The van der Waals surface area contributed by atoms with Gasteiger partial charge in [0.1, 0.15) is 4.21 Å². The zero-order valence-corrected chi connectivity index (χ0v) is 18.4. The largest absolute Gasteiger partial charge is 0.273 e. The van der Waals surface area contributed by atoms with E-state index in [9.17, 15) is 13.2 Å². The summed E-state index contributed by atoms with van der Waals surface area (Å²) in [5.74, 6) is 0.391. The summed E-state index contributed by atoms with van der Waals surface area (Å²) < 4.78 is 27.1. The minimum absolute atomic E-state index is 0.0725. The second-order valence-electron chi connectivity index (χ2n) is 9.14. The van der Waals surface area contributed by atoms with Gasteiger partial charge in [-0.15, -0.1) is 11.3 Å². The topological polar surface area (TPSA) is 78.8 Å². The van der Waals surface area contributed by atoms with Gasteiger partial charge in [-0.05, 0) is 54.9 Å². The van der Waals surface area contributed by atoms with Crippen LogP contribution in [0.3, 0.4) is 0 Å². The Kier molecular flexibility index (Phi) is 4.95. The Labute approximate surface area is 171 Å². The number of thiophene rings is 1. The molecule has 0 radical (unpaired) electrons. The van der Waals surface area contributed by atoms with Crippen molar-refractivity contribution in [2.75, 3.05) is 13.1 Å². The van der Waals surface area contributed by atoms with Gasteiger partial charge in [-0.3, -0.25) is 4.79 Å². The molecule has 154 valence electrons. The third-order valence-electron chi connectivity index (χ3n) is 7.73. The Hall–Kier alpha value is -1.25. The highest BCUT2D eigenvalue weighted by Gasteiger charge is 2.60. The highest BCUT2D eigenvalue weighted by atomic mass is 32.2. The summed E-state index contributed by atoms with van der Waals surface area (Å²) >= 11 is 1.23. The zero-order valence-electron chi connectivity index (χ0n) is 16.8. The molecule has 2 bridgehead atoms. The van der Waals surface area contributed by atoms with Crippen molar-refractivity contribution in [2.24, 2.45) is 27.8 Å². The molecule has 2 atom stereocenters. The Balaban J connectivity index is 1.36. The number of nitrogens with zero attached hydrogens (tertiary/aromatic N) is 2. The quantitative estimate of drug-likeness (QED) is 0.753. The monoisotopic (exact) mass is 423 g/mol. The number of nitrogens with one attached hydrogen (secondary N) is 1. The van der Waals surface area contributed by atoms with Crippen molar-refractivity contribution >= 4 is 33.0 Å². The molecular weight excluding hydrogens is 394 g/mol. The first kappa shape index (κ1) is 20.0. The first-order valence-electron chi connectivity index (χ1n) is 10.1. The number of carbonyl (C=O) groups is 1. The van der Waals surface area contributed by atoms with Crippen LogP contribution >= 0.6 is 11.3 Å². The van der Waals surface area contributed by atoms with Crippen LogP contribution in [-0.4, -0.2) is 37.4 Å². The van der Waals surface area contributed by atoms with Crippen molar-refractivity contribution in [1.29, 1.82) is 0 Å². The van der Waals surface area contributed by atoms with E-state index in [2.05, 4.69) is 31.3 Å². The van der Waals surface area contributed by atoms with Gasteiger partial charge in [-0.1, -0.05) is 26.8 Å². The normalized spacial score (nSPS) is 32.1. The fourth-order valence-corrected chi connectivity index (χ4v) is 7.82. The van der Waals surface area contributed by atoms with Crippen LogP contribution in [-0.2, 0) is 14.8 Å². The lowest BCUT2D eigenvalue weighted by Gasteiger charge is -2.34. The fourth-order valence-electron chi connectivity index (χ4n) is 5.21. The van der Waals surface area contributed by atoms with E-state index in [0.717, 1.165) is 18.6 Å². The van der Waals surface area contributed by atoms with Crippen molar-refractivity contribution in [1.82, 2.24) is 9.73 Å². The summed E-state index contributed by atoms with van der Waals surface area (Å²) in [6.45, 7) is 7.67. The van der Waals surface area contributed by atoms with Crippen molar-refractivity contribution in [3.05, 3.63) is 17.5 Å². The third kappa shape index (κ3) is 3.04. The molecule has 2 heterocycles. The van der Waals surface area contributed by atoms with Gasteiger partial charge in [0, 0.05) is 30.1 Å². The van der Waals surface area contributed by atoms with Gasteiger partial charge < -0.3 is 0 Å². The molecule has 4 rings (SSSR count). The van der Waals surface area contributed by atoms with Gasteiger partial charge in [0.15, 0.2) is 0 Å². The van der Waals surface area contributed by atoms with Crippen LogP contribution in [0.1, 0.15) is 52.9 Å². The molecule has 1 N–H and O–H groups in total. The first-order valence-corrected chi connectivity index (χ1v) is 12.4. The van der Waals surface area contributed by atoms with Gasteiger partial charge in [0.25, 0.3) is 10.0 Å². The molecule has 1 aromatic rings. The Morgan fingerprint density at radius 3 is 2.50 bits per heavy atom. The van der Waals surface area contributed by atoms with Crippen LogP contribution in [0.2, 0.25) is 0 Å². The van der Waals surface area contributed by atoms with Crippen LogP contribution in [0.5, 0.6) is 0 Å². The smallest absolute Gasteiger partial charge is 0.252 e. The highest BCUT2D eigenvalue weighted by Crippen LogP contribution is 2.63. The second kappa shape index (κ2) is 6.92. The Morgan fingerprint density at radius 1 is 1.25 bits per heavy atom. The molecule has 2 saturated carbocycles. The molecule has 0 unspecified atom stereocenters. The maximum atomic E-state index is 12.6. The number of sulfonamides is 1. The molecule has 1 amide bonds. The molecule has 28 heavy (non-hydrogen) atoms. The Morgan fingerprint density at radius 2 is 1.96 bits per heavy atom. The lowest BCUT2D eigenvalue weighted by molar-refractivity contribution is -0.126. The van der Waals surface area contributed by atoms with Crippen LogP contribution in [0, 0.1) is 22.7 Å². The number of piperidine rings is 1. The average Bonchev–Trinajstić information content (AvgIpc) is 3.33. The van der Waals surface area contributed by atoms with Crippen LogP contribution in [0.25, 0.3) is 0 Å². The minimum atomic E-state index is -3.43. The van der Waals surface area contributed by atoms with Crippen molar-refractivity contribution < 1.29 is 13.2 Å². The molecule has 0 aromatic carbocycles. The molecule has 8 heteroatoms. The molecule has 3 fully saturated rings. The van der Waals surface area contributed by atoms with E-state index in [1.54, 1.807) is 17.5 Å². The third-order valence-corrected chi connectivity index (χ3v) is 11.0. The van der Waals surface area contributed by atoms with E-state index in [1.807, 2.05) is 0 Å². The number of carbonyl (C=O) groups excluding carboxylic acids is 1. The van der Waals surface area contributed by atoms with E-state index >= 15 is 0 Å². The van der Waals surface area contributed by atoms with E-state index in [-0.39, 0.29) is 22.7 Å². The molecule has 2 aliphatic carbocycles. The summed E-state index contributed by atoms with van der Waals surface area (Å²) in [7, 11) is -3.43. The van der Waals surface area contributed by atoms with Gasteiger partial charge in [0.05, 0.1) is 0 Å². The van der Waals surface area contributed by atoms with E-state index < -0.39 is 10.0 Å². The first-order chi connectivity index (χ1) is 13.2. The molecular formula is C20H29N3O3S2. The van der Waals surface area contributed by atoms with E-state index in [1.165, 1.54) is 22.1 Å². The summed E-state index contributed by atoms with van der Waals surface area (Å²) in [6.07, 6.45) is 4.42. The van der Waals surface area contributed by atoms with Crippen molar-refractivity contribution in [3.8, 4) is 0 Å². The average molecular weight is 424 g/mol. The summed E-state index contributed by atoms with van der Waals surface area (Å²) in [4.78, 5) is 12.6. The summed E-state index contributed by atoms with van der Waals surface area (Å²) in [5, 5.41) is 6.31. The number of fused-ring (bicyclic) bond motifs is 2. The maximum Gasteiger partial charge on any atom is 0.252 e. The van der Waals surface area contributed by atoms with Gasteiger partial charge in [-0.25, -0.2) is 13.8 Å². The Bertz CT molecular complexity index is 884. The molecule has 1 aromatic heterocycles. The number of hydrogen-bond donors (Lipinski definition) is 1. The van der Waals surface area contributed by atoms with Crippen LogP contribution in [0.15, 0.2) is 26.8 Å². The number of rotatable bonds is 4. The van der Waals surface area contributed by atoms with Crippen LogP contribution in [0.4, 0.5) is 0 Å². The second-order valence-corrected chi connectivity index (χ2v) is 12.3.